The summed E-state index contributed by atoms with van der Waals surface area (Å²) < 4.78 is 5.98. The Labute approximate surface area is 125 Å². The first kappa shape index (κ1) is 14.1. The van der Waals surface area contributed by atoms with Crippen molar-refractivity contribution in [2.45, 2.75) is 56.7 Å². The van der Waals surface area contributed by atoms with Gasteiger partial charge in [0.05, 0.1) is 0 Å². The van der Waals surface area contributed by atoms with E-state index in [4.69, 9.17) is 4.74 Å². The van der Waals surface area contributed by atoms with E-state index < -0.39 is 0 Å². The highest BCUT2D eigenvalue weighted by molar-refractivity contribution is 5.77. The molecule has 0 N–H and O–H groups in total. The summed E-state index contributed by atoms with van der Waals surface area (Å²) in [5, 5.41) is 0. The highest BCUT2D eigenvalue weighted by Crippen LogP contribution is 2.37. The first-order valence-electron chi connectivity index (χ1n) is 7.77. The Morgan fingerprint density at radius 2 is 2.14 bits per heavy atom. The fourth-order valence-electron chi connectivity index (χ4n) is 3.57. The zero-order valence-electron chi connectivity index (χ0n) is 12.3. The molecule has 1 amide bonds. The average Bonchev–Trinajstić information content (AvgIpc) is 2.77. The third-order valence-corrected chi connectivity index (χ3v) is 4.47. The van der Waals surface area contributed by atoms with E-state index in [2.05, 4.69) is 16.5 Å². The number of amides is 1. The molecule has 2 unspecified atom stereocenters. The van der Waals surface area contributed by atoms with Gasteiger partial charge in [-0.2, -0.15) is 0 Å². The van der Waals surface area contributed by atoms with Crippen LogP contribution in [-0.4, -0.2) is 34.0 Å². The smallest absolute Gasteiger partial charge is 0.223 e. The van der Waals surface area contributed by atoms with Gasteiger partial charge in [0.25, 0.3) is 0 Å². The maximum absolute atomic E-state index is 12.3. The molecule has 1 aromatic heterocycles. The Kier molecular flexibility index (Phi) is 4.23. The lowest BCUT2D eigenvalue weighted by molar-refractivity contribution is -0.137. The van der Waals surface area contributed by atoms with Crippen LogP contribution in [0.15, 0.2) is 37.1 Å². The summed E-state index contributed by atoms with van der Waals surface area (Å²) in [6, 6.07) is 6.40. The predicted octanol–water partition coefficient (Wildman–Crippen LogP) is 2.95. The molecule has 3 rings (SSSR count). The summed E-state index contributed by atoms with van der Waals surface area (Å²) in [4.78, 5) is 18.6. The Morgan fingerprint density at radius 3 is 2.76 bits per heavy atom. The summed E-state index contributed by atoms with van der Waals surface area (Å²) in [5.74, 6) is 0.965. The molecule has 1 aromatic rings. The van der Waals surface area contributed by atoms with Crippen LogP contribution < -0.4 is 4.74 Å². The van der Waals surface area contributed by atoms with Gasteiger partial charge in [-0.05, 0) is 25.3 Å². The van der Waals surface area contributed by atoms with E-state index in [1.54, 1.807) is 6.20 Å². The SMILES string of the molecule is C=CCCC(=O)N1C2CCC1CC(Oc1ccccn1)C2. The van der Waals surface area contributed by atoms with Gasteiger partial charge in [0.2, 0.25) is 11.8 Å². The Morgan fingerprint density at radius 1 is 1.38 bits per heavy atom. The van der Waals surface area contributed by atoms with Gasteiger partial charge < -0.3 is 9.64 Å². The number of hydrogen-bond donors (Lipinski definition) is 0. The third kappa shape index (κ3) is 3.09. The number of allylic oxidation sites excluding steroid dienone is 1. The van der Waals surface area contributed by atoms with Crippen LogP contribution in [0.2, 0.25) is 0 Å². The van der Waals surface area contributed by atoms with Crippen molar-refractivity contribution in [3.63, 3.8) is 0 Å². The van der Waals surface area contributed by atoms with E-state index in [0.29, 0.717) is 24.4 Å². The van der Waals surface area contributed by atoms with Crippen molar-refractivity contribution in [2.75, 3.05) is 0 Å². The van der Waals surface area contributed by atoms with Gasteiger partial charge in [-0.1, -0.05) is 12.1 Å². The van der Waals surface area contributed by atoms with Gasteiger partial charge in [-0.3, -0.25) is 4.79 Å². The van der Waals surface area contributed by atoms with E-state index in [9.17, 15) is 4.79 Å². The molecule has 2 aliphatic rings. The Hall–Kier alpha value is -1.84. The lowest BCUT2D eigenvalue weighted by atomic mass is 9.99. The fraction of sp³-hybridized carbons (Fsp3) is 0.529. The largest absolute Gasteiger partial charge is 0.474 e. The number of carbonyl (C=O) groups excluding carboxylic acids is 1. The molecule has 0 saturated carbocycles. The van der Waals surface area contributed by atoms with Crippen LogP contribution in [0, 0.1) is 0 Å². The maximum Gasteiger partial charge on any atom is 0.223 e. The molecule has 2 aliphatic heterocycles. The minimum absolute atomic E-state index is 0.181. The van der Waals surface area contributed by atoms with Crippen LogP contribution in [0.4, 0.5) is 0 Å². The van der Waals surface area contributed by atoms with E-state index in [1.807, 2.05) is 24.3 Å². The molecule has 2 saturated heterocycles. The van der Waals surface area contributed by atoms with Crippen molar-refractivity contribution in [2.24, 2.45) is 0 Å². The van der Waals surface area contributed by atoms with Crippen molar-refractivity contribution < 1.29 is 9.53 Å². The molecule has 112 valence electrons. The molecule has 0 spiro atoms. The molecule has 0 radical (unpaired) electrons. The summed E-state index contributed by atoms with van der Waals surface area (Å²) in [5.41, 5.74) is 0. The number of hydrogen-bond acceptors (Lipinski definition) is 3. The summed E-state index contributed by atoms with van der Waals surface area (Å²) in [6.07, 6.45) is 9.15. The number of aromatic nitrogens is 1. The van der Waals surface area contributed by atoms with Gasteiger partial charge in [-0.25, -0.2) is 4.98 Å². The third-order valence-electron chi connectivity index (χ3n) is 4.47. The van der Waals surface area contributed by atoms with Crippen LogP contribution in [0.5, 0.6) is 5.88 Å². The number of rotatable bonds is 5. The van der Waals surface area contributed by atoms with E-state index in [0.717, 1.165) is 32.1 Å². The minimum atomic E-state index is 0.181. The van der Waals surface area contributed by atoms with Crippen LogP contribution in [0.1, 0.15) is 38.5 Å². The standard InChI is InChI=1S/C17H22N2O2/c1-2-3-7-17(20)19-13-8-9-14(19)12-15(11-13)21-16-6-4-5-10-18-16/h2,4-6,10,13-15H,1,3,7-9,11-12H2. The number of ether oxygens (including phenoxy) is 1. The summed E-state index contributed by atoms with van der Waals surface area (Å²) in [6.45, 7) is 3.69. The minimum Gasteiger partial charge on any atom is -0.474 e. The predicted molar refractivity (Wildman–Crippen MR) is 81.0 cm³/mol. The molecule has 3 heterocycles. The first-order valence-corrected chi connectivity index (χ1v) is 7.77. The lowest BCUT2D eigenvalue weighted by Gasteiger charge is -2.38. The highest BCUT2D eigenvalue weighted by Gasteiger charge is 2.43. The molecular formula is C17H22N2O2. The van der Waals surface area contributed by atoms with Crippen LogP contribution in [0.3, 0.4) is 0 Å². The summed E-state index contributed by atoms with van der Waals surface area (Å²) >= 11 is 0. The Balaban J connectivity index is 1.61. The molecule has 2 fully saturated rings. The molecule has 21 heavy (non-hydrogen) atoms. The van der Waals surface area contributed by atoms with Crippen molar-refractivity contribution in [1.29, 1.82) is 0 Å². The van der Waals surface area contributed by atoms with Crippen LogP contribution >= 0.6 is 0 Å². The number of pyridine rings is 1. The number of piperidine rings is 1. The Bertz CT molecular complexity index is 489. The van der Waals surface area contributed by atoms with Crippen LogP contribution in [-0.2, 0) is 4.79 Å². The number of nitrogens with zero attached hydrogens (tertiary/aromatic N) is 2. The molecule has 0 aliphatic carbocycles. The molecule has 4 nitrogen and oxygen atoms in total. The van der Waals surface area contributed by atoms with E-state index >= 15 is 0 Å². The van der Waals surface area contributed by atoms with Gasteiger partial charge >= 0.3 is 0 Å². The van der Waals surface area contributed by atoms with Gasteiger partial charge in [0.1, 0.15) is 6.10 Å². The number of fused-ring (bicyclic) bond motifs is 2. The average molecular weight is 286 g/mol. The van der Waals surface area contributed by atoms with Gasteiger partial charge in [0.15, 0.2) is 0 Å². The van der Waals surface area contributed by atoms with Gasteiger partial charge in [0, 0.05) is 43.6 Å². The van der Waals surface area contributed by atoms with Crippen molar-refractivity contribution in [3.8, 4) is 5.88 Å². The highest BCUT2D eigenvalue weighted by atomic mass is 16.5. The second kappa shape index (κ2) is 6.29. The van der Waals surface area contributed by atoms with Gasteiger partial charge in [-0.15, -0.1) is 6.58 Å². The van der Waals surface area contributed by atoms with Crippen molar-refractivity contribution >= 4 is 5.91 Å². The summed E-state index contributed by atoms with van der Waals surface area (Å²) in [7, 11) is 0. The van der Waals surface area contributed by atoms with Crippen LogP contribution in [0.25, 0.3) is 0 Å². The molecule has 0 aromatic carbocycles. The zero-order valence-corrected chi connectivity index (χ0v) is 12.3. The van der Waals surface area contributed by atoms with E-state index in [-0.39, 0.29) is 12.0 Å². The second-order valence-corrected chi connectivity index (χ2v) is 5.89. The second-order valence-electron chi connectivity index (χ2n) is 5.89. The monoisotopic (exact) mass is 286 g/mol. The first-order chi connectivity index (χ1) is 10.3. The lowest BCUT2D eigenvalue weighted by Crippen LogP contribution is -2.49. The molecule has 2 atom stereocenters. The van der Waals surface area contributed by atoms with Crippen molar-refractivity contribution in [3.05, 3.63) is 37.1 Å². The van der Waals surface area contributed by atoms with E-state index in [1.165, 1.54) is 0 Å². The molecule has 2 bridgehead atoms. The topological polar surface area (TPSA) is 42.4 Å². The fourth-order valence-corrected chi connectivity index (χ4v) is 3.57. The molecule has 4 heteroatoms. The molecular weight excluding hydrogens is 264 g/mol. The maximum atomic E-state index is 12.3. The quantitative estimate of drug-likeness (QED) is 0.782. The number of carbonyl (C=O) groups is 1. The normalized spacial score (nSPS) is 27.4. The zero-order chi connectivity index (χ0) is 14.7. The van der Waals surface area contributed by atoms with Crippen molar-refractivity contribution in [1.82, 2.24) is 9.88 Å².